The van der Waals surface area contributed by atoms with Crippen LogP contribution in [0.15, 0.2) is 35.1 Å². The zero-order chi connectivity index (χ0) is 16.2. The summed E-state index contributed by atoms with van der Waals surface area (Å²) in [6.07, 6.45) is 7.32. The van der Waals surface area contributed by atoms with E-state index in [-0.39, 0.29) is 5.91 Å². The molecule has 0 unspecified atom stereocenters. The van der Waals surface area contributed by atoms with Gasteiger partial charge in [-0.2, -0.15) is 0 Å². The summed E-state index contributed by atoms with van der Waals surface area (Å²) in [4.78, 5) is 15.1. The van der Waals surface area contributed by atoms with Crippen molar-refractivity contribution < 1.29 is 9.32 Å². The van der Waals surface area contributed by atoms with Gasteiger partial charge in [0.25, 0.3) is 5.91 Å². The second kappa shape index (κ2) is 6.99. The number of aryl methyl sites for hydroxylation is 2. The third kappa shape index (κ3) is 3.46. The summed E-state index contributed by atoms with van der Waals surface area (Å²) in [7, 11) is 0. The first-order valence-corrected chi connectivity index (χ1v) is 8.43. The Hall–Kier alpha value is -2.10. The van der Waals surface area contributed by atoms with E-state index in [9.17, 15) is 4.79 Å². The van der Waals surface area contributed by atoms with Crippen LogP contribution in [0, 0.1) is 13.8 Å². The van der Waals surface area contributed by atoms with E-state index in [1.807, 2.05) is 24.0 Å². The molecule has 1 amide bonds. The Labute approximate surface area is 137 Å². The number of carbonyl (C=O) groups excluding carboxylic acids is 1. The summed E-state index contributed by atoms with van der Waals surface area (Å²) >= 11 is 0. The maximum Gasteiger partial charge on any atom is 0.259 e. The fraction of sp³-hybridized carbons (Fsp3) is 0.474. The molecule has 4 nitrogen and oxygen atoms in total. The summed E-state index contributed by atoms with van der Waals surface area (Å²) in [5, 5.41) is 3.87. The molecule has 3 rings (SSSR count). The average molecular weight is 312 g/mol. The first-order valence-electron chi connectivity index (χ1n) is 8.43. The molecule has 0 spiro atoms. The van der Waals surface area contributed by atoms with Gasteiger partial charge in [-0.1, -0.05) is 48.7 Å². The highest BCUT2D eigenvalue weighted by atomic mass is 16.5. The van der Waals surface area contributed by atoms with Crippen molar-refractivity contribution in [2.45, 2.75) is 58.5 Å². The first kappa shape index (κ1) is 15.8. The predicted octanol–water partition coefficient (Wildman–Crippen LogP) is 4.27. The van der Waals surface area contributed by atoms with Crippen LogP contribution < -0.4 is 0 Å². The van der Waals surface area contributed by atoms with Gasteiger partial charge in [0.2, 0.25) is 0 Å². The van der Waals surface area contributed by atoms with Crippen LogP contribution in [-0.2, 0) is 6.54 Å². The third-order valence-corrected chi connectivity index (χ3v) is 4.86. The molecule has 1 aliphatic rings. The van der Waals surface area contributed by atoms with Gasteiger partial charge in [0, 0.05) is 12.6 Å². The summed E-state index contributed by atoms with van der Waals surface area (Å²) in [6, 6.07) is 8.60. The Kier molecular flexibility index (Phi) is 4.79. The molecule has 0 bridgehead atoms. The van der Waals surface area contributed by atoms with E-state index in [4.69, 9.17) is 4.52 Å². The number of amides is 1. The summed E-state index contributed by atoms with van der Waals surface area (Å²) in [5.41, 5.74) is 3.69. The molecule has 23 heavy (non-hydrogen) atoms. The number of benzene rings is 1. The predicted molar refractivity (Wildman–Crippen MR) is 89.2 cm³/mol. The SMILES string of the molecule is Cc1ccccc1CN(C(=O)c1conc1C)C1CCCCC1. The Morgan fingerprint density at radius 1 is 1.22 bits per heavy atom. The van der Waals surface area contributed by atoms with E-state index in [0.717, 1.165) is 12.8 Å². The van der Waals surface area contributed by atoms with Crippen molar-refractivity contribution in [3.05, 3.63) is 52.9 Å². The molecular weight excluding hydrogens is 288 g/mol. The number of hydrogen-bond donors (Lipinski definition) is 0. The maximum atomic E-state index is 13.1. The standard InChI is InChI=1S/C19H24N2O2/c1-14-8-6-7-9-16(14)12-21(17-10-4-3-5-11-17)19(22)18-13-23-20-15(18)2/h6-9,13,17H,3-5,10-12H2,1-2H3. The molecule has 1 aliphatic carbocycles. The lowest BCUT2D eigenvalue weighted by Crippen LogP contribution is -2.41. The molecule has 4 heteroatoms. The second-order valence-corrected chi connectivity index (χ2v) is 6.47. The molecule has 1 aromatic heterocycles. The minimum atomic E-state index is 0.0407. The van der Waals surface area contributed by atoms with Crippen molar-refractivity contribution >= 4 is 5.91 Å². The van der Waals surface area contributed by atoms with Crippen molar-refractivity contribution in [2.75, 3.05) is 0 Å². The van der Waals surface area contributed by atoms with Crippen LogP contribution >= 0.6 is 0 Å². The lowest BCUT2D eigenvalue weighted by Gasteiger charge is -2.34. The Bertz CT molecular complexity index is 672. The topological polar surface area (TPSA) is 46.3 Å². The minimum absolute atomic E-state index is 0.0407. The fourth-order valence-electron chi connectivity index (χ4n) is 3.38. The normalized spacial score (nSPS) is 15.6. The molecule has 0 N–H and O–H groups in total. The van der Waals surface area contributed by atoms with Gasteiger partial charge in [-0.05, 0) is 37.8 Å². The van der Waals surface area contributed by atoms with E-state index in [0.29, 0.717) is 23.8 Å². The molecule has 0 radical (unpaired) electrons. The van der Waals surface area contributed by atoms with Crippen molar-refractivity contribution in [3.63, 3.8) is 0 Å². The summed E-state index contributed by atoms with van der Waals surface area (Å²) < 4.78 is 4.98. The van der Waals surface area contributed by atoms with Gasteiger partial charge >= 0.3 is 0 Å². The highest BCUT2D eigenvalue weighted by Gasteiger charge is 2.28. The second-order valence-electron chi connectivity index (χ2n) is 6.47. The Morgan fingerprint density at radius 3 is 2.61 bits per heavy atom. The van der Waals surface area contributed by atoms with E-state index < -0.39 is 0 Å². The zero-order valence-corrected chi connectivity index (χ0v) is 13.9. The van der Waals surface area contributed by atoms with Gasteiger partial charge in [0.05, 0.1) is 5.69 Å². The van der Waals surface area contributed by atoms with Crippen molar-refractivity contribution in [1.29, 1.82) is 0 Å². The van der Waals surface area contributed by atoms with Crippen LogP contribution in [0.5, 0.6) is 0 Å². The maximum absolute atomic E-state index is 13.1. The number of aromatic nitrogens is 1. The van der Waals surface area contributed by atoms with E-state index in [2.05, 4.69) is 24.2 Å². The molecule has 1 heterocycles. The molecule has 1 fully saturated rings. The van der Waals surface area contributed by atoms with Gasteiger partial charge in [0.1, 0.15) is 11.8 Å². The zero-order valence-electron chi connectivity index (χ0n) is 13.9. The molecule has 0 saturated heterocycles. The third-order valence-electron chi connectivity index (χ3n) is 4.86. The highest BCUT2D eigenvalue weighted by Crippen LogP contribution is 2.26. The molecule has 1 saturated carbocycles. The van der Waals surface area contributed by atoms with E-state index in [1.165, 1.54) is 36.7 Å². The number of carbonyl (C=O) groups is 1. The number of rotatable bonds is 4. The molecule has 122 valence electrons. The smallest absolute Gasteiger partial charge is 0.259 e. The monoisotopic (exact) mass is 312 g/mol. The van der Waals surface area contributed by atoms with Crippen molar-refractivity contribution in [2.24, 2.45) is 0 Å². The van der Waals surface area contributed by atoms with E-state index in [1.54, 1.807) is 0 Å². The van der Waals surface area contributed by atoms with Gasteiger partial charge in [0.15, 0.2) is 0 Å². The summed E-state index contributed by atoms with van der Waals surface area (Å²) in [6.45, 7) is 4.58. The molecule has 0 atom stereocenters. The van der Waals surface area contributed by atoms with Crippen LogP contribution in [-0.4, -0.2) is 22.0 Å². The van der Waals surface area contributed by atoms with Gasteiger partial charge in [-0.3, -0.25) is 4.79 Å². The van der Waals surface area contributed by atoms with Crippen molar-refractivity contribution in [1.82, 2.24) is 10.1 Å². The van der Waals surface area contributed by atoms with Gasteiger partial charge in [-0.25, -0.2) is 0 Å². The Balaban J connectivity index is 1.88. The van der Waals surface area contributed by atoms with Gasteiger partial charge < -0.3 is 9.42 Å². The van der Waals surface area contributed by atoms with Crippen molar-refractivity contribution in [3.8, 4) is 0 Å². The van der Waals surface area contributed by atoms with E-state index >= 15 is 0 Å². The van der Waals surface area contributed by atoms with Crippen LogP contribution in [0.4, 0.5) is 0 Å². The lowest BCUT2D eigenvalue weighted by atomic mass is 9.93. The van der Waals surface area contributed by atoms with Crippen LogP contribution in [0.2, 0.25) is 0 Å². The molecule has 2 aromatic rings. The van der Waals surface area contributed by atoms with Crippen LogP contribution in [0.3, 0.4) is 0 Å². The van der Waals surface area contributed by atoms with Crippen LogP contribution in [0.1, 0.15) is 59.3 Å². The largest absolute Gasteiger partial charge is 0.364 e. The first-order chi connectivity index (χ1) is 11.2. The van der Waals surface area contributed by atoms with Crippen LogP contribution in [0.25, 0.3) is 0 Å². The average Bonchev–Trinajstić information content (AvgIpc) is 3.00. The Morgan fingerprint density at radius 2 is 1.96 bits per heavy atom. The van der Waals surface area contributed by atoms with Gasteiger partial charge in [-0.15, -0.1) is 0 Å². The highest BCUT2D eigenvalue weighted by molar-refractivity contribution is 5.95. The molecular formula is C19H24N2O2. The molecule has 0 aliphatic heterocycles. The summed E-state index contributed by atoms with van der Waals surface area (Å²) in [5.74, 6) is 0.0407. The number of hydrogen-bond acceptors (Lipinski definition) is 3. The lowest BCUT2D eigenvalue weighted by molar-refractivity contribution is 0.0612. The number of nitrogens with zero attached hydrogens (tertiary/aromatic N) is 2. The molecule has 1 aromatic carbocycles. The fourth-order valence-corrected chi connectivity index (χ4v) is 3.38. The minimum Gasteiger partial charge on any atom is -0.364 e. The quantitative estimate of drug-likeness (QED) is 0.847.